The van der Waals surface area contributed by atoms with Gasteiger partial charge in [0.1, 0.15) is 0 Å². The maximum Gasteiger partial charge on any atom is 0.238 e. The Morgan fingerprint density at radius 3 is 2.54 bits per heavy atom. The number of carbonyl (C=O) groups excluding carboxylic acids is 1. The standard InChI is InChI=1S/C19H23N3O3S/c1-2-12-22(15-16-7-4-3-5-8-16)13-11-19(23)21-17-9-6-10-18(14-17)26(20,24)25/h2-10,14H,1,11-13,15H2,(H,21,23)(H2,20,24,25). The Labute approximate surface area is 154 Å². The van der Waals surface area contributed by atoms with Gasteiger partial charge >= 0.3 is 0 Å². The van der Waals surface area contributed by atoms with E-state index in [0.29, 0.717) is 18.8 Å². The SMILES string of the molecule is C=CCN(CCC(=O)Nc1cccc(S(N)(=O)=O)c1)Cc1ccccc1. The van der Waals surface area contributed by atoms with E-state index < -0.39 is 10.0 Å². The molecule has 1 amide bonds. The third-order valence-corrected chi connectivity index (χ3v) is 4.65. The quantitative estimate of drug-likeness (QED) is 0.660. The predicted molar refractivity (Wildman–Crippen MR) is 103 cm³/mol. The summed E-state index contributed by atoms with van der Waals surface area (Å²) in [5, 5.41) is 7.81. The van der Waals surface area contributed by atoms with E-state index in [1.165, 1.54) is 18.2 Å². The number of anilines is 1. The largest absolute Gasteiger partial charge is 0.326 e. The van der Waals surface area contributed by atoms with Gasteiger partial charge in [0.25, 0.3) is 0 Å². The number of nitrogens with zero attached hydrogens (tertiary/aromatic N) is 1. The zero-order chi connectivity index (χ0) is 19.0. The van der Waals surface area contributed by atoms with Crippen LogP contribution in [0, 0.1) is 0 Å². The number of nitrogens with two attached hydrogens (primary N) is 1. The van der Waals surface area contributed by atoms with Crippen molar-refractivity contribution in [2.24, 2.45) is 5.14 Å². The van der Waals surface area contributed by atoms with Crippen molar-refractivity contribution in [3.63, 3.8) is 0 Å². The molecule has 0 radical (unpaired) electrons. The molecule has 0 aliphatic rings. The van der Waals surface area contributed by atoms with Gasteiger partial charge in [-0.2, -0.15) is 0 Å². The number of carbonyl (C=O) groups is 1. The van der Waals surface area contributed by atoms with Crippen molar-refractivity contribution in [3.05, 3.63) is 72.8 Å². The molecule has 0 heterocycles. The van der Waals surface area contributed by atoms with Crippen LogP contribution in [0.2, 0.25) is 0 Å². The topological polar surface area (TPSA) is 92.5 Å². The van der Waals surface area contributed by atoms with Crippen LogP contribution in [-0.2, 0) is 21.4 Å². The molecule has 0 spiro atoms. The van der Waals surface area contributed by atoms with Crippen LogP contribution in [0.1, 0.15) is 12.0 Å². The minimum Gasteiger partial charge on any atom is -0.326 e. The first-order chi connectivity index (χ1) is 12.4. The molecule has 0 saturated heterocycles. The Morgan fingerprint density at radius 2 is 1.88 bits per heavy atom. The van der Waals surface area contributed by atoms with Gasteiger partial charge < -0.3 is 5.32 Å². The van der Waals surface area contributed by atoms with Crippen molar-refractivity contribution in [1.29, 1.82) is 0 Å². The lowest BCUT2D eigenvalue weighted by Gasteiger charge is -2.20. The summed E-state index contributed by atoms with van der Waals surface area (Å²) in [6, 6.07) is 15.9. The summed E-state index contributed by atoms with van der Waals surface area (Å²) in [6.07, 6.45) is 2.08. The fourth-order valence-electron chi connectivity index (χ4n) is 2.49. The van der Waals surface area contributed by atoms with Crippen LogP contribution >= 0.6 is 0 Å². The first-order valence-electron chi connectivity index (χ1n) is 8.18. The van der Waals surface area contributed by atoms with Gasteiger partial charge in [-0.3, -0.25) is 9.69 Å². The minimum absolute atomic E-state index is 0.0346. The molecule has 2 rings (SSSR count). The highest BCUT2D eigenvalue weighted by Gasteiger charge is 2.11. The summed E-state index contributed by atoms with van der Waals surface area (Å²) in [4.78, 5) is 14.3. The summed E-state index contributed by atoms with van der Waals surface area (Å²) in [5.41, 5.74) is 1.57. The van der Waals surface area contributed by atoms with Gasteiger partial charge in [0.15, 0.2) is 0 Å². The fourth-order valence-corrected chi connectivity index (χ4v) is 3.05. The van der Waals surface area contributed by atoms with Gasteiger partial charge in [-0.25, -0.2) is 13.6 Å². The number of nitrogens with one attached hydrogen (secondary N) is 1. The zero-order valence-electron chi connectivity index (χ0n) is 14.5. The average Bonchev–Trinajstić information content (AvgIpc) is 2.60. The molecular formula is C19H23N3O3S. The predicted octanol–water partition coefficient (Wildman–Crippen LogP) is 2.35. The molecule has 0 aliphatic heterocycles. The highest BCUT2D eigenvalue weighted by Crippen LogP contribution is 2.14. The van der Waals surface area contributed by atoms with Gasteiger partial charge in [-0.15, -0.1) is 6.58 Å². The third-order valence-electron chi connectivity index (χ3n) is 3.74. The average molecular weight is 373 g/mol. The van der Waals surface area contributed by atoms with Gasteiger partial charge in [0, 0.05) is 31.7 Å². The number of hydrogen-bond donors (Lipinski definition) is 2. The van der Waals surface area contributed by atoms with Crippen molar-refractivity contribution in [2.75, 3.05) is 18.4 Å². The Morgan fingerprint density at radius 1 is 1.15 bits per heavy atom. The summed E-state index contributed by atoms with van der Waals surface area (Å²) >= 11 is 0. The maximum absolute atomic E-state index is 12.2. The molecule has 26 heavy (non-hydrogen) atoms. The van der Waals surface area contributed by atoms with Crippen LogP contribution in [0.3, 0.4) is 0 Å². The second-order valence-corrected chi connectivity index (χ2v) is 7.44. The van der Waals surface area contributed by atoms with Crippen LogP contribution in [0.25, 0.3) is 0 Å². The van der Waals surface area contributed by atoms with Crippen molar-refractivity contribution in [3.8, 4) is 0 Å². The fraction of sp³-hybridized carbons (Fsp3) is 0.211. The van der Waals surface area contributed by atoms with Crippen molar-refractivity contribution in [2.45, 2.75) is 17.9 Å². The zero-order valence-corrected chi connectivity index (χ0v) is 15.3. The molecule has 0 fully saturated rings. The Balaban J connectivity index is 1.93. The van der Waals surface area contributed by atoms with Gasteiger partial charge in [-0.1, -0.05) is 42.5 Å². The molecule has 0 atom stereocenters. The number of sulfonamides is 1. The third kappa shape index (κ3) is 6.44. The van der Waals surface area contributed by atoms with Crippen molar-refractivity contribution >= 4 is 21.6 Å². The van der Waals surface area contributed by atoms with E-state index in [1.807, 2.05) is 30.3 Å². The van der Waals surface area contributed by atoms with Crippen molar-refractivity contribution in [1.82, 2.24) is 4.90 Å². The van der Waals surface area contributed by atoms with E-state index in [1.54, 1.807) is 12.1 Å². The Kier molecular flexibility index (Phi) is 7.08. The summed E-state index contributed by atoms with van der Waals surface area (Å²) < 4.78 is 22.8. The van der Waals surface area contributed by atoms with E-state index in [9.17, 15) is 13.2 Å². The van der Waals surface area contributed by atoms with Crippen molar-refractivity contribution < 1.29 is 13.2 Å². The van der Waals surface area contributed by atoms with Crippen LogP contribution < -0.4 is 10.5 Å². The molecule has 0 aliphatic carbocycles. The Bertz CT molecular complexity index is 851. The summed E-state index contributed by atoms with van der Waals surface area (Å²) in [6.45, 7) is 5.71. The molecular weight excluding hydrogens is 350 g/mol. The van der Waals surface area contributed by atoms with Crippen LogP contribution in [0.4, 0.5) is 5.69 Å². The van der Waals surface area contributed by atoms with E-state index in [4.69, 9.17) is 5.14 Å². The van der Waals surface area contributed by atoms with E-state index in [0.717, 1.165) is 12.1 Å². The van der Waals surface area contributed by atoms with Gasteiger partial charge in [-0.05, 0) is 23.8 Å². The first kappa shape index (κ1) is 19.8. The minimum atomic E-state index is -3.80. The number of benzene rings is 2. The lowest BCUT2D eigenvalue weighted by Crippen LogP contribution is -2.27. The summed E-state index contributed by atoms with van der Waals surface area (Å²) in [7, 11) is -3.80. The molecule has 6 nitrogen and oxygen atoms in total. The second-order valence-electron chi connectivity index (χ2n) is 5.88. The monoisotopic (exact) mass is 373 g/mol. The van der Waals surface area contributed by atoms with Gasteiger partial charge in [0.2, 0.25) is 15.9 Å². The van der Waals surface area contributed by atoms with Crippen LogP contribution in [0.5, 0.6) is 0 Å². The second kappa shape index (κ2) is 9.28. The van der Waals surface area contributed by atoms with Gasteiger partial charge in [0.05, 0.1) is 4.90 Å². The lowest BCUT2D eigenvalue weighted by atomic mass is 10.2. The molecule has 0 aromatic heterocycles. The molecule has 7 heteroatoms. The molecule has 0 saturated carbocycles. The van der Waals surface area contributed by atoms with Crippen LogP contribution in [-0.4, -0.2) is 32.3 Å². The highest BCUT2D eigenvalue weighted by atomic mass is 32.2. The first-order valence-corrected chi connectivity index (χ1v) is 9.73. The molecule has 0 bridgehead atoms. The normalized spacial score (nSPS) is 11.3. The molecule has 138 valence electrons. The number of amides is 1. The molecule has 3 N–H and O–H groups in total. The smallest absolute Gasteiger partial charge is 0.238 e. The molecule has 2 aromatic carbocycles. The maximum atomic E-state index is 12.2. The molecule has 2 aromatic rings. The lowest BCUT2D eigenvalue weighted by molar-refractivity contribution is -0.116. The number of rotatable bonds is 9. The van der Waals surface area contributed by atoms with E-state index >= 15 is 0 Å². The number of primary sulfonamides is 1. The number of hydrogen-bond acceptors (Lipinski definition) is 4. The van der Waals surface area contributed by atoms with Crippen LogP contribution in [0.15, 0.2) is 72.1 Å². The van der Waals surface area contributed by atoms with E-state index in [-0.39, 0.29) is 17.2 Å². The van der Waals surface area contributed by atoms with E-state index in [2.05, 4.69) is 16.8 Å². The molecule has 0 unspecified atom stereocenters. The Hall–Kier alpha value is -2.48. The highest BCUT2D eigenvalue weighted by molar-refractivity contribution is 7.89. The summed E-state index contributed by atoms with van der Waals surface area (Å²) in [5.74, 6) is -0.196.